The zero-order chi connectivity index (χ0) is 26.6. The van der Waals surface area contributed by atoms with Crippen LogP contribution in [-0.4, -0.2) is 44.0 Å². The smallest absolute Gasteiger partial charge is 0.351 e. The van der Waals surface area contributed by atoms with Crippen LogP contribution in [0.3, 0.4) is 0 Å². The van der Waals surface area contributed by atoms with Gasteiger partial charge in [0, 0.05) is 5.56 Å². The molecule has 4 aromatic rings. The maximum atomic E-state index is 14.8. The highest BCUT2D eigenvalue weighted by atomic mass is 19.1. The number of carbonyl (C=O) groups excluding carboxylic acids is 1. The van der Waals surface area contributed by atoms with Crippen LogP contribution in [0.15, 0.2) is 50.5 Å². The lowest BCUT2D eigenvalue weighted by molar-refractivity contribution is -0.115. The first-order chi connectivity index (χ1) is 17.6. The molecular weight excluding hydrogens is 485 g/mol. The van der Waals surface area contributed by atoms with E-state index in [1.807, 2.05) is 19.9 Å². The summed E-state index contributed by atoms with van der Waals surface area (Å²) >= 11 is 0. The van der Waals surface area contributed by atoms with E-state index >= 15 is 0 Å². The van der Waals surface area contributed by atoms with Gasteiger partial charge in [-0.2, -0.15) is 4.98 Å². The van der Waals surface area contributed by atoms with Crippen LogP contribution in [0.1, 0.15) is 29.8 Å². The number of fused-ring (bicyclic) bond motifs is 2. The zero-order valence-electron chi connectivity index (χ0n) is 20.2. The van der Waals surface area contributed by atoms with E-state index in [2.05, 4.69) is 10.3 Å². The third-order valence-corrected chi connectivity index (χ3v) is 6.73. The van der Waals surface area contributed by atoms with Crippen LogP contribution in [0.25, 0.3) is 21.9 Å². The molecule has 0 aliphatic carbocycles. The number of ether oxygens (including phenoxy) is 1. The lowest BCUT2D eigenvalue weighted by Gasteiger charge is -2.17. The van der Waals surface area contributed by atoms with Crippen molar-refractivity contribution < 1.29 is 28.6 Å². The summed E-state index contributed by atoms with van der Waals surface area (Å²) in [6.45, 7) is 5.24. The third-order valence-electron chi connectivity index (χ3n) is 6.73. The number of amides is 1. The SMILES string of the molecule is Cc1ccc2c(=O)c3cccc(CC(=O)Nc4nc(=O)n([C@H]5O[C@@H](C)[C@H](O)[C@@H]5O)cc4F)c3oc2c1C. The summed E-state index contributed by atoms with van der Waals surface area (Å²) in [7, 11) is 0. The molecule has 3 N–H and O–H groups in total. The monoisotopic (exact) mass is 509 g/mol. The van der Waals surface area contributed by atoms with Crippen LogP contribution in [-0.2, 0) is 16.0 Å². The quantitative estimate of drug-likeness (QED) is 0.355. The molecule has 0 spiro atoms. The van der Waals surface area contributed by atoms with Crippen molar-refractivity contribution in [3.63, 3.8) is 0 Å². The predicted molar refractivity (Wildman–Crippen MR) is 132 cm³/mol. The number of nitrogens with zero attached hydrogens (tertiary/aromatic N) is 2. The molecule has 2 aromatic carbocycles. The molecule has 0 saturated carbocycles. The number of nitrogens with one attached hydrogen (secondary N) is 1. The Morgan fingerprint density at radius 2 is 1.84 bits per heavy atom. The van der Waals surface area contributed by atoms with Crippen LogP contribution in [0.5, 0.6) is 0 Å². The third kappa shape index (κ3) is 4.20. The number of halogens is 1. The fourth-order valence-corrected chi connectivity index (χ4v) is 4.49. The van der Waals surface area contributed by atoms with E-state index < -0.39 is 47.8 Å². The standard InChI is InChI=1S/C26H24FN3O7/c1-11-7-8-16-20(33)15-6-4-5-14(23(15)37-22(16)12(11)2)9-18(31)28-24-17(27)10-30(26(35)29-24)25-21(34)19(32)13(3)36-25/h4-8,10,13,19,21,25,32,34H,9H2,1-3H3,(H,28,29,31,35)/t13-,19-,21-,25-/m0/s1. The fraction of sp³-hybridized carbons (Fsp3) is 0.308. The molecular formula is C26H24FN3O7. The number of hydrogen-bond donors (Lipinski definition) is 3. The minimum atomic E-state index is -1.46. The highest BCUT2D eigenvalue weighted by Gasteiger charge is 2.42. The van der Waals surface area contributed by atoms with Crippen LogP contribution in [0.4, 0.5) is 10.2 Å². The van der Waals surface area contributed by atoms with Crippen molar-refractivity contribution in [1.29, 1.82) is 0 Å². The van der Waals surface area contributed by atoms with Gasteiger partial charge in [0.25, 0.3) is 0 Å². The van der Waals surface area contributed by atoms with Gasteiger partial charge in [0.2, 0.25) is 11.3 Å². The second-order valence-electron chi connectivity index (χ2n) is 9.17. The molecule has 0 radical (unpaired) electrons. The molecule has 5 rings (SSSR count). The Morgan fingerprint density at radius 3 is 2.54 bits per heavy atom. The molecule has 1 amide bonds. The van der Waals surface area contributed by atoms with E-state index in [0.29, 0.717) is 21.9 Å². The topological polar surface area (TPSA) is 144 Å². The van der Waals surface area contributed by atoms with Gasteiger partial charge >= 0.3 is 5.69 Å². The molecule has 0 bridgehead atoms. The molecule has 1 aliphatic heterocycles. The van der Waals surface area contributed by atoms with Gasteiger partial charge in [-0.25, -0.2) is 9.18 Å². The van der Waals surface area contributed by atoms with E-state index in [1.54, 1.807) is 24.3 Å². The first-order valence-corrected chi connectivity index (χ1v) is 11.6. The number of para-hydroxylation sites is 1. The Labute approximate surface area is 208 Å². The average molecular weight is 509 g/mol. The van der Waals surface area contributed by atoms with Gasteiger partial charge in [-0.1, -0.05) is 18.2 Å². The first kappa shape index (κ1) is 24.8. The summed E-state index contributed by atoms with van der Waals surface area (Å²) in [5, 5.41) is 23.0. The number of aryl methyl sites for hydroxylation is 2. The van der Waals surface area contributed by atoms with Gasteiger partial charge in [0.05, 0.1) is 29.5 Å². The van der Waals surface area contributed by atoms with E-state index in [0.717, 1.165) is 21.9 Å². The molecule has 3 heterocycles. The van der Waals surface area contributed by atoms with Crippen molar-refractivity contribution in [1.82, 2.24) is 9.55 Å². The first-order valence-electron chi connectivity index (χ1n) is 11.6. The number of aliphatic hydroxyl groups is 2. The zero-order valence-corrected chi connectivity index (χ0v) is 20.2. The van der Waals surface area contributed by atoms with Crippen LogP contribution in [0.2, 0.25) is 0 Å². The summed E-state index contributed by atoms with van der Waals surface area (Å²) in [6.07, 6.45) is -4.36. The Kier molecular flexibility index (Phi) is 6.14. The molecule has 0 unspecified atom stereocenters. The number of benzene rings is 2. The fourth-order valence-electron chi connectivity index (χ4n) is 4.49. The summed E-state index contributed by atoms with van der Waals surface area (Å²) in [6, 6.07) is 8.40. The molecule has 2 aromatic heterocycles. The summed E-state index contributed by atoms with van der Waals surface area (Å²) < 4.78 is 26.9. The number of rotatable bonds is 4. The Bertz CT molecular complexity index is 1680. The van der Waals surface area contributed by atoms with Gasteiger partial charge in [0.1, 0.15) is 23.4 Å². The van der Waals surface area contributed by atoms with Crippen molar-refractivity contribution in [2.75, 3.05) is 5.32 Å². The number of aliphatic hydroxyl groups excluding tert-OH is 2. The van der Waals surface area contributed by atoms with Crippen molar-refractivity contribution in [3.05, 3.63) is 79.7 Å². The minimum Gasteiger partial charge on any atom is -0.455 e. The highest BCUT2D eigenvalue weighted by Crippen LogP contribution is 2.29. The number of aromatic nitrogens is 2. The maximum absolute atomic E-state index is 14.8. The van der Waals surface area contributed by atoms with Crippen molar-refractivity contribution >= 4 is 33.7 Å². The van der Waals surface area contributed by atoms with Crippen molar-refractivity contribution in [3.8, 4) is 0 Å². The predicted octanol–water partition coefficient (Wildman–Crippen LogP) is 2.08. The van der Waals surface area contributed by atoms with Gasteiger partial charge in [0.15, 0.2) is 17.9 Å². The molecule has 192 valence electrons. The van der Waals surface area contributed by atoms with Crippen molar-refractivity contribution in [2.24, 2.45) is 0 Å². The second-order valence-corrected chi connectivity index (χ2v) is 9.17. The minimum absolute atomic E-state index is 0.228. The summed E-state index contributed by atoms with van der Waals surface area (Å²) in [5.41, 5.74) is 1.60. The molecule has 11 heteroatoms. The highest BCUT2D eigenvalue weighted by molar-refractivity contribution is 5.97. The number of hydrogen-bond acceptors (Lipinski definition) is 8. The molecule has 1 aliphatic rings. The molecule has 4 atom stereocenters. The van der Waals surface area contributed by atoms with Crippen LogP contribution in [0, 0.1) is 19.7 Å². The molecule has 1 fully saturated rings. The van der Waals surface area contributed by atoms with Gasteiger partial charge in [-0.05, 0) is 44.0 Å². The van der Waals surface area contributed by atoms with E-state index in [4.69, 9.17) is 9.15 Å². The molecule has 10 nitrogen and oxygen atoms in total. The van der Waals surface area contributed by atoms with Crippen molar-refractivity contribution in [2.45, 2.75) is 51.7 Å². The molecule has 1 saturated heterocycles. The number of anilines is 1. The van der Waals surface area contributed by atoms with E-state index in [-0.39, 0.29) is 17.4 Å². The van der Waals surface area contributed by atoms with Gasteiger partial charge < -0.3 is 24.7 Å². The largest absolute Gasteiger partial charge is 0.455 e. The Hall–Kier alpha value is -3.93. The normalized spacial score (nSPS) is 21.6. The number of carbonyl (C=O) groups is 1. The molecule has 37 heavy (non-hydrogen) atoms. The van der Waals surface area contributed by atoms with Gasteiger partial charge in [-0.3, -0.25) is 14.2 Å². The average Bonchev–Trinajstić information content (AvgIpc) is 3.11. The lowest BCUT2D eigenvalue weighted by atomic mass is 10.0. The van der Waals surface area contributed by atoms with E-state index in [1.165, 1.54) is 6.92 Å². The lowest BCUT2D eigenvalue weighted by Crippen LogP contribution is -2.36. The van der Waals surface area contributed by atoms with E-state index in [9.17, 15) is 29.0 Å². The Balaban J connectivity index is 1.44. The van der Waals surface area contributed by atoms with Crippen LogP contribution < -0.4 is 16.4 Å². The summed E-state index contributed by atoms with van der Waals surface area (Å²) in [4.78, 5) is 41.9. The van der Waals surface area contributed by atoms with Gasteiger partial charge in [-0.15, -0.1) is 0 Å². The Morgan fingerprint density at radius 1 is 1.11 bits per heavy atom. The second kappa shape index (κ2) is 9.18. The van der Waals surface area contributed by atoms with Crippen LogP contribution >= 0.6 is 0 Å². The maximum Gasteiger partial charge on any atom is 0.351 e. The summed E-state index contributed by atoms with van der Waals surface area (Å²) in [5.74, 6) is -2.34.